The average molecular weight is 927 g/mol. The molecule has 0 radical (unpaired) electrons. The minimum Gasteiger partial charge on any atom is -0.462 e. The summed E-state index contributed by atoms with van der Waals surface area (Å²) in [6.45, 7) is 6.36. The molecule has 0 spiro atoms. The molecule has 0 amide bonds. The zero-order chi connectivity index (χ0) is 48.6. The summed E-state index contributed by atoms with van der Waals surface area (Å²) in [5, 5.41) is 0. The number of unbranched alkanes of at least 4 members (excludes halogenated alkanes) is 16. The van der Waals surface area contributed by atoms with Crippen LogP contribution in [0.15, 0.2) is 122 Å². The van der Waals surface area contributed by atoms with Gasteiger partial charge in [-0.2, -0.15) is 0 Å². The maximum absolute atomic E-state index is 12.8. The van der Waals surface area contributed by atoms with Crippen LogP contribution in [-0.4, -0.2) is 37.2 Å². The zero-order valence-corrected chi connectivity index (χ0v) is 43.1. The van der Waals surface area contributed by atoms with Gasteiger partial charge in [0.15, 0.2) is 6.10 Å². The van der Waals surface area contributed by atoms with Crippen molar-refractivity contribution >= 4 is 17.9 Å². The third kappa shape index (κ3) is 52.6. The van der Waals surface area contributed by atoms with Gasteiger partial charge in [-0.3, -0.25) is 14.4 Å². The summed E-state index contributed by atoms with van der Waals surface area (Å²) in [6, 6.07) is 0. The number of carbonyl (C=O) groups is 3. The Kier molecular flexibility index (Phi) is 51.0. The predicted octanol–water partition coefficient (Wildman–Crippen LogP) is 18.1. The molecule has 0 N–H and O–H groups in total. The molecule has 0 aliphatic heterocycles. The molecule has 67 heavy (non-hydrogen) atoms. The fraction of sp³-hybridized carbons (Fsp3) is 0.623. The molecule has 0 aliphatic rings. The van der Waals surface area contributed by atoms with E-state index in [1.54, 1.807) is 0 Å². The topological polar surface area (TPSA) is 78.9 Å². The summed E-state index contributed by atoms with van der Waals surface area (Å²) >= 11 is 0. The molecule has 378 valence electrons. The fourth-order valence-electron chi connectivity index (χ4n) is 6.87. The van der Waals surface area contributed by atoms with Gasteiger partial charge >= 0.3 is 17.9 Å². The summed E-state index contributed by atoms with van der Waals surface area (Å²) in [7, 11) is 0. The Labute approximate surface area is 412 Å². The van der Waals surface area contributed by atoms with Gasteiger partial charge < -0.3 is 14.2 Å². The predicted molar refractivity (Wildman–Crippen MR) is 288 cm³/mol. The highest BCUT2D eigenvalue weighted by atomic mass is 16.6. The summed E-state index contributed by atoms with van der Waals surface area (Å²) in [6.07, 6.45) is 74.7. The third-order valence-corrected chi connectivity index (χ3v) is 10.9. The molecule has 1 unspecified atom stereocenters. The maximum Gasteiger partial charge on any atom is 0.306 e. The molecule has 0 fully saturated rings. The molecule has 0 aromatic rings. The highest BCUT2D eigenvalue weighted by Crippen LogP contribution is 2.13. The summed E-state index contributed by atoms with van der Waals surface area (Å²) in [5.74, 6) is -1.00. The van der Waals surface area contributed by atoms with E-state index in [9.17, 15) is 14.4 Å². The van der Waals surface area contributed by atoms with Crippen molar-refractivity contribution in [2.24, 2.45) is 0 Å². The van der Waals surface area contributed by atoms with Crippen molar-refractivity contribution in [3.63, 3.8) is 0 Å². The third-order valence-electron chi connectivity index (χ3n) is 10.9. The van der Waals surface area contributed by atoms with Gasteiger partial charge in [-0.25, -0.2) is 0 Å². The Morgan fingerprint density at radius 3 is 1.04 bits per heavy atom. The van der Waals surface area contributed by atoms with E-state index in [0.29, 0.717) is 19.3 Å². The van der Waals surface area contributed by atoms with Crippen LogP contribution in [0.3, 0.4) is 0 Å². The molecular formula is C61H98O6. The Morgan fingerprint density at radius 2 is 0.627 bits per heavy atom. The quantitative estimate of drug-likeness (QED) is 0.0262. The van der Waals surface area contributed by atoms with Crippen molar-refractivity contribution in [2.45, 2.75) is 232 Å². The number of ether oxygens (including phenoxy) is 3. The lowest BCUT2D eigenvalue weighted by Crippen LogP contribution is -2.30. The standard InChI is InChI=1S/C61H98O6/c1-4-7-10-13-16-19-22-25-26-27-28-29-30-31-32-33-34-37-39-42-45-48-51-54-60(63)66-57-58(67-61(64)55-52-49-46-43-40-36-24-21-18-15-12-9-6-3)56-65-59(62)53-50-47-44-41-38-35-23-20-17-14-11-8-5-2/h7,10,12,15-16,19-21,23-26,28-29,31-32,34,37,42,45,58H,4-6,8-9,11,13-14,17-18,22,27,30,33,35-36,38-41,43-44,46-57H2,1-3H3/b10-7-,15-12-,19-16-,23-20-,24-21-,26-25-,29-28-,32-31-,37-34-,45-42-. The van der Waals surface area contributed by atoms with E-state index >= 15 is 0 Å². The minimum atomic E-state index is -0.815. The van der Waals surface area contributed by atoms with Gasteiger partial charge in [0.1, 0.15) is 13.2 Å². The van der Waals surface area contributed by atoms with Gasteiger partial charge in [0.05, 0.1) is 0 Å². The van der Waals surface area contributed by atoms with E-state index < -0.39 is 6.10 Å². The molecule has 0 aromatic carbocycles. The Balaban J connectivity index is 4.49. The van der Waals surface area contributed by atoms with Crippen molar-refractivity contribution < 1.29 is 28.6 Å². The number of allylic oxidation sites excluding steroid dienone is 20. The second-order valence-electron chi connectivity index (χ2n) is 17.4. The maximum atomic E-state index is 12.8. The first-order valence-electron chi connectivity index (χ1n) is 27.0. The van der Waals surface area contributed by atoms with Crippen LogP contribution in [0.25, 0.3) is 0 Å². The first-order valence-corrected chi connectivity index (χ1v) is 27.0. The van der Waals surface area contributed by atoms with E-state index in [0.717, 1.165) is 135 Å². The van der Waals surface area contributed by atoms with Gasteiger partial charge in [0.25, 0.3) is 0 Å². The first-order chi connectivity index (χ1) is 33.0. The van der Waals surface area contributed by atoms with Gasteiger partial charge in [0.2, 0.25) is 0 Å². The fourth-order valence-corrected chi connectivity index (χ4v) is 6.87. The van der Waals surface area contributed by atoms with Crippen LogP contribution >= 0.6 is 0 Å². The van der Waals surface area contributed by atoms with E-state index in [-0.39, 0.29) is 37.5 Å². The van der Waals surface area contributed by atoms with Gasteiger partial charge in [-0.15, -0.1) is 0 Å². The lowest BCUT2D eigenvalue weighted by molar-refractivity contribution is -0.167. The van der Waals surface area contributed by atoms with E-state index in [2.05, 4.69) is 142 Å². The molecule has 6 heteroatoms. The molecule has 6 nitrogen and oxygen atoms in total. The van der Waals surface area contributed by atoms with Crippen molar-refractivity contribution in [1.29, 1.82) is 0 Å². The summed E-state index contributed by atoms with van der Waals surface area (Å²) < 4.78 is 16.7. The van der Waals surface area contributed by atoms with Crippen LogP contribution in [0.1, 0.15) is 226 Å². The van der Waals surface area contributed by atoms with Gasteiger partial charge in [-0.1, -0.05) is 206 Å². The number of rotatable bonds is 47. The average Bonchev–Trinajstić information content (AvgIpc) is 3.33. The Hall–Kier alpha value is -4.19. The molecular weight excluding hydrogens is 829 g/mol. The monoisotopic (exact) mass is 927 g/mol. The van der Waals surface area contributed by atoms with Crippen LogP contribution in [0.5, 0.6) is 0 Å². The van der Waals surface area contributed by atoms with Crippen LogP contribution in [0.2, 0.25) is 0 Å². The molecule has 0 heterocycles. The second-order valence-corrected chi connectivity index (χ2v) is 17.4. The minimum absolute atomic E-state index is 0.109. The lowest BCUT2D eigenvalue weighted by atomic mass is 10.1. The van der Waals surface area contributed by atoms with Crippen LogP contribution in [0, 0.1) is 0 Å². The number of hydrogen-bond acceptors (Lipinski definition) is 6. The van der Waals surface area contributed by atoms with Gasteiger partial charge in [-0.05, 0) is 122 Å². The van der Waals surface area contributed by atoms with Crippen molar-refractivity contribution in [3.05, 3.63) is 122 Å². The van der Waals surface area contributed by atoms with Crippen LogP contribution < -0.4 is 0 Å². The number of hydrogen-bond donors (Lipinski definition) is 0. The summed E-state index contributed by atoms with van der Waals surface area (Å²) in [4.78, 5) is 38.0. The smallest absolute Gasteiger partial charge is 0.306 e. The molecule has 0 rings (SSSR count). The van der Waals surface area contributed by atoms with Crippen molar-refractivity contribution in [2.75, 3.05) is 13.2 Å². The van der Waals surface area contributed by atoms with Crippen LogP contribution in [0.4, 0.5) is 0 Å². The molecule has 0 aliphatic carbocycles. The molecule has 1 atom stereocenters. The number of carbonyl (C=O) groups excluding carboxylic acids is 3. The highest BCUT2D eigenvalue weighted by molar-refractivity contribution is 5.71. The zero-order valence-electron chi connectivity index (χ0n) is 43.1. The lowest BCUT2D eigenvalue weighted by Gasteiger charge is -2.18. The van der Waals surface area contributed by atoms with Crippen molar-refractivity contribution in [3.8, 4) is 0 Å². The highest BCUT2D eigenvalue weighted by Gasteiger charge is 2.19. The van der Waals surface area contributed by atoms with Crippen LogP contribution in [-0.2, 0) is 28.6 Å². The molecule has 0 saturated heterocycles. The second kappa shape index (κ2) is 54.4. The molecule has 0 saturated carbocycles. The van der Waals surface area contributed by atoms with E-state index in [1.165, 1.54) is 44.9 Å². The summed E-state index contributed by atoms with van der Waals surface area (Å²) in [5.41, 5.74) is 0. The van der Waals surface area contributed by atoms with Crippen molar-refractivity contribution in [1.82, 2.24) is 0 Å². The van der Waals surface area contributed by atoms with E-state index in [4.69, 9.17) is 14.2 Å². The Bertz CT molecular complexity index is 1440. The van der Waals surface area contributed by atoms with Gasteiger partial charge in [0, 0.05) is 19.3 Å². The molecule has 0 aromatic heterocycles. The molecule has 0 bridgehead atoms. The first kappa shape index (κ1) is 62.8. The largest absolute Gasteiger partial charge is 0.462 e. The Morgan fingerprint density at radius 1 is 0.313 bits per heavy atom. The number of esters is 3. The normalized spacial score (nSPS) is 13.1. The van der Waals surface area contributed by atoms with E-state index in [1.807, 2.05) is 0 Å². The SMILES string of the molecule is CC/C=C\C/C=C\C/C=C\C/C=C\C/C=C\C/C=C\C/C=C\CCCC(=O)OCC(COC(=O)CCCCCCC/C=C\CCCCCC)OC(=O)CCCCCCC/C=C\C/C=C\CCC.